The molecule has 1 saturated heterocycles. The van der Waals surface area contributed by atoms with Crippen LogP contribution in [0, 0.1) is 9.39 Å². The highest BCUT2D eigenvalue weighted by Crippen LogP contribution is 2.19. The van der Waals surface area contributed by atoms with Gasteiger partial charge in [0.1, 0.15) is 11.4 Å². The van der Waals surface area contributed by atoms with E-state index < -0.39 is 5.60 Å². The zero-order valence-electron chi connectivity index (χ0n) is 14.1. The average molecular weight is 434 g/mol. The average Bonchev–Trinajstić information content (AvgIpc) is 2.41. The second kappa shape index (κ2) is 7.34. The third-order valence-electron chi connectivity index (χ3n) is 3.73. The van der Waals surface area contributed by atoms with E-state index in [0.717, 1.165) is 25.2 Å². The molecule has 1 atom stereocenters. The SMILES string of the molecule is C[C@@H]1CN(Cc2ccc(F)c(I)c2)CCN1C(=O)OC(C)(C)C. The summed E-state index contributed by atoms with van der Waals surface area (Å²) in [5, 5.41) is 0. The first kappa shape index (κ1) is 18.4. The molecule has 4 nitrogen and oxygen atoms in total. The van der Waals surface area contributed by atoms with E-state index >= 15 is 0 Å². The largest absolute Gasteiger partial charge is 0.444 e. The van der Waals surface area contributed by atoms with E-state index in [0.29, 0.717) is 10.1 Å². The molecule has 1 fully saturated rings. The van der Waals surface area contributed by atoms with Gasteiger partial charge in [-0.2, -0.15) is 0 Å². The van der Waals surface area contributed by atoms with Crippen molar-refractivity contribution in [3.63, 3.8) is 0 Å². The number of halogens is 2. The van der Waals surface area contributed by atoms with Crippen LogP contribution in [0.5, 0.6) is 0 Å². The van der Waals surface area contributed by atoms with Crippen molar-refractivity contribution in [2.75, 3.05) is 19.6 Å². The maximum absolute atomic E-state index is 13.3. The number of carbonyl (C=O) groups is 1. The molecule has 0 radical (unpaired) electrons. The predicted molar refractivity (Wildman–Crippen MR) is 96.8 cm³/mol. The molecule has 0 N–H and O–H groups in total. The Morgan fingerprint density at radius 2 is 2.09 bits per heavy atom. The van der Waals surface area contributed by atoms with E-state index in [1.54, 1.807) is 4.90 Å². The topological polar surface area (TPSA) is 32.8 Å². The molecule has 1 aliphatic heterocycles. The summed E-state index contributed by atoms with van der Waals surface area (Å²) >= 11 is 2.01. The van der Waals surface area contributed by atoms with Crippen molar-refractivity contribution in [2.45, 2.75) is 45.9 Å². The molecule has 0 aliphatic carbocycles. The number of ether oxygens (including phenoxy) is 1. The maximum Gasteiger partial charge on any atom is 0.410 e. The van der Waals surface area contributed by atoms with Gasteiger partial charge in [-0.15, -0.1) is 0 Å². The number of piperazine rings is 1. The van der Waals surface area contributed by atoms with Crippen molar-refractivity contribution in [3.05, 3.63) is 33.1 Å². The fourth-order valence-electron chi connectivity index (χ4n) is 2.66. The molecule has 0 unspecified atom stereocenters. The molecule has 0 spiro atoms. The van der Waals surface area contributed by atoms with Crippen LogP contribution in [-0.4, -0.2) is 47.2 Å². The van der Waals surface area contributed by atoms with E-state index in [1.807, 2.05) is 62.4 Å². The van der Waals surface area contributed by atoms with Crippen LogP contribution in [0.2, 0.25) is 0 Å². The standard InChI is InChI=1S/C17H24FIN2O2/c1-12-10-20(11-13-5-6-14(18)15(19)9-13)7-8-21(12)16(22)23-17(2,3)4/h5-6,9,12H,7-8,10-11H2,1-4H3/t12-/m1/s1. The van der Waals surface area contributed by atoms with Crippen molar-refractivity contribution in [3.8, 4) is 0 Å². The molecule has 6 heteroatoms. The first-order chi connectivity index (χ1) is 10.7. The molecule has 0 aromatic heterocycles. The summed E-state index contributed by atoms with van der Waals surface area (Å²) in [5.41, 5.74) is 0.618. The van der Waals surface area contributed by atoms with Gasteiger partial charge in [-0.3, -0.25) is 4.90 Å². The summed E-state index contributed by atoms with van der Waals surface area (Å²) in [6, 6.07) is 5.30. The van der Waals surface area contributed by atoms with E-state index in [-0.39, 0.29) is 18.0 Å². The Kier molecular flexibility index (Phi) is 5.89. The fourth-order valence-corrected chi connectivity index (χ4v) is 3.24. The highest BCUT2D eigenvalue weighted by molar-refractivity contribution is 14.1. The van der Waals surface area contributed by atoms with Crippen molar-refractivity contribution in [2.24, 2.45) is 0 Å². The Bertz CT molecular complexity index is 574. The maximum atomic E-state index is 13.3. The molecule has 0 bridgehead atoms. The lowest BCUT2D eigenvalue weighted by Gasteiger charge is -2.40. The van der Waals surface area contributed by atoms with Crippen LogP contribution in [0.15, 0.2) is 18.2 Å². The minimum atomic E-state index is -0.473. The number of hydrogen-bond acceptors (Lipinski definition) is 3. The first-order valence-electron chi connectivity index (χ1n) is 7.81. The smallest absolute Gasteiger partial charge is 0.410 e. The summed E-state index contributed by atoms with van der Waals surface area (Å²) < 4.78 is 19.4. The Morgan fingerprint density at radius 3 is 2.65 bits per heavy atom. The van der Waals surface area contributed by atoms with Crippen LogP contribution in [0.3, 0.4) is 0 Å². The van der Waals surface area contributed by atoms with Crippen molar-refractivity contribution in [1.29, 1.82) is 0 Å². The quantitative estimate of drug-likeness (QED) is 0.663. The number of nitrogens with zero attached hydrogens (tertiary/aromatic N) is 2. The van der Waals surface area contributed by atoms with Crippen LogP contribution in [-0.2, 0) is 11.3 Å². The van der Waals surface area contributed by atoms with Crippen molar-refractivity contribution < 1.29 is 13.9 Å². The van der Waals surface area contributed by atoms with E-state index in [9.17, 15) is 9.18 Å². The van der Waals surface area contributed by atoms with Crippen LogP contribution in [0.4, 0.5) is 9.18 Å². The van der Waals surface area contributed by atoms with Gasteiger partial charge >= 0.3 is 6.09 Å². The third kappa shape index (κ3) is 5.31. The monoisotopic (exact) mass is 434 g/mol. The van der Waals surface area contributed by atoms with Gasteiger partial charge in [0.25, 0.3) is 0 Å². The highest BCUT2D eigenvalue weighted by atomic mass is 127. The van der Waals surface area contributed by atoms with Gasteiger partial charge < -0.3 is 9.64 Å². The lowest BCUT2D eigenvalue weighted by atomic mass is 10.1. The Balaban J connectivity index is 1.93. The highest BCUT2D eigenvalue weighted by Gasteiger charge is 2.30. The minimum Gasteiger partial charge on any atom is -0.444 e. The summed E-state index contributed by atoms with van der Waals surface area (Å²) in [5.74, 6) is -0.183. The van der Waals surface area contributed by atoms with Gasteiger partial charge in [0.15, 0.2) is 0 Å². The summed E-state index contributed by atoms with van der Waals surface area (Å²) in [7, 11) is 0. The van der Waals surface area contributed by atoms with Crippen molar-refractivity contribution in [1.82, 2.24) is 9.80 Å². The Hall–Kier alpha value is -0.890. The predicted octanol–water partition coefficient (Wildman–Crippen LogP) is 3.87. The first-order valence-corrected chi connectivity index (χ1v) is 8.89. The molecule has 23 heavy (non-hydrogen) atoms. The van der Waals surface area contributed by atoms with Gasteiger partial charge in [-0.1, -0.05) is 6.07 Å². The van der Waals surface area contributed by atoms with E-state index in [2.05, 4.69) is 4.90 Å². The molecule has 1 aromatic carbocycles. The lowest BCUT2D eigenvalue weighted by Crippen LogP contribution is -2.54. The summed E-state index contributed by atoms with van der Waals surface area (Å²) in [6.45, 7) is 10.7. The zero-order valence-corrected chi connectivity index (χ0v) is 16.3. The molecule has 1 heterocycles. The molecule has 128 valence electrons. The number of amides is 1. The molecular formula is C17H24FIN2O2. The van der Waals surface area contributed by atoms with Gasteiger partial charge in [-0.25, -0.2) is 9.18 Å². The molecule has 2 rings (SSSR count). The fraction of sp³-hybridized carbons (Fsp3) is 0.588. The van der Waals surface area contributed by atoms with Crippen LogP contribution >= 0.6 is 22.6 Å². The normalized spacial score (nSPS) is 19.7. The van der Waals surface area contributed by atoms with Gasteiger partial charge in [0.05, 0.1) is 0 Å². The van der Waals surface area contributed by atoms with E-state index in [1.165, 1.54) is 6.07 Å². The number of carbonyl (C=O) groups excluding carboxylic acids is 1. The summed E-state index contributed by atoms with van der Waals surface area (Å²) in [6.07, 6.45) is -0.249. The van der Waals surface area contributed by atoms with Crippen LogP contribution in [0.1, 0.15) is 33.3 Å². The molecular weight excluding hydrogens is 410 g/mol. The van der Waals surface area contributed by atoms with Gasteiger partial charge in [0, 0.05) is 35.8 Å². The van der Waals surface area contributed by atoms with E-state index in [4.69, 9.17) is 4.74 Å². The number of hydrogen-bond donors (Lipinski definition) is 0. The van der Waals surface area contributed by atoms with Crippen molar-refractivity contribution >= 4 is 28.7 Å². The van der Waals surface area contributed by atoms with Crippen LogP contribution < -0.4 is 0 Å². The second-order valence-electron chi connectivity index (χ2n) is 7.01. The third-order valence-corrected chi connectivity index (χ3v) is 4.56. The lowest BCUT2D eigenvalue weighted by molar-refractivity contribution is 0.000556. The molecule has 1 amide bonds. The second-order valence-corrected chi connectivity index (χ2v) is 8.17. The zero-order chi connectivity index (χ0) is 17.2. The molecule has 1 aliphatic rings. The summed E-state index contributed by atoms with van der Waals surface area (Å²) in [4.78, 5) is 16.3. The Morgan fingerprint density at radius 1 is 1.39 bits per heavy atom. The number of benzene rings is 1. The van der Waals surface area contributed by atoms with Gasteiger partial charge in [-0.05, 0) is 68.0 Å². The Labute approximate surface area is 151 Å². The molecule has 0 saturated carbocycles. The molecule has 1 aromatic rings. The van der Waals surface area contributed by atoms with Crippen LogP contribution in [0.25, 0.3) is 0 Å². The minimum absolute atomic E-state index is 0.0955. The van der Waals surface area contributed by atoms with Gasteiger partial charge in [0.2, 0.25) is 0 Å². The number of rotatable bonds is 2.